The maximum Gasteiger partial charge on any atom is 0.490 e. The van der Waals surface area contributed by atoms with Gasteiger partial charge in [-0.15, -0.1) is 0 Å². The van der Waals surface area contributed by atoms with Crippen molar-refractivity contribution in [2.24, 2.45) is 0 Å². The van der Waals surface area contributed by atoms with E-state index in [-0.39, 0.29) is 29.1 Å². The normalized spacial score (nSPS) is 22.4. The van der Waals surface area contributed by atoms with E-state index >= 15 is 0 Å². The summed E-state index contributed by atoms with van der Waals surface area (Å²) in [5, 5.41) is 11.2. The average Bonchev–Trinajstić information content (AvgIpc) is 3.01. The lowest BCUT2D eigenvalue weighted by Gasteiger charge is -2.38. The van der Waals surface area contributed by atoms with Gasteiger partial charge in [-0.25, -0.2) is 4.79 Å². The monoisotopic (exact) mass is 481 g/mol. The summed E-state index contributed by atoms with van der Waals surface area (Å²) >= 11 is 0. The summed E-state index contributed by atoms with van der Waals surface area (Å²) in [6.07, 6.45) is -0.661. The molecule has 3 heterocycles. The Morgan fingerprint density at radius 2 is 1.71 bits per heavy atom. The predicted octanol–water partition coefficient (Wildman–Crippen LogP) is 3.96. The molecule has 2 aliphatic rings. The Hall–Kier alpha value is -2.88. The van der Waals surface area contributed by atoms with E-state index in [1.165, 1.54) is 12.8 Å². The zero-order chi connectivity index (χ0) is 25.2. The molecule has 3 atom stereocenters. The van der Waals surface area contributed by atoms with Gasteiger partial charge in [0.15, 0.2) is 0 Å². The number of nitrogens with one attached hydrogen (secondary N) is 1. The number of fused-ring (bicyclic) bond motifs is 3. The number of piperidine rings is 1. The summed E-state index contributed by atoms with van der Waals surface area (Å²) in [6.45, 7) is 7.26. The molecule has 1 aromatic heterocycles. The Labute approximate surface area is 195 Å². The Kier molecular flexibility index (Phi) is 7.70. The quantitative estimate of drug-likeness (QED) is 0.690. The van der Waals surface area contributed by atoms with Crippen LogP contribution < -0.4 is 10.9 Å². The van der Waals surface area contributed by atoms with Crippen molar-refractivity contribution in [3.8, 4) is 0 Å². The van der Waals surface area contributed by atoms with Crippen LogP contribution in [0.5, 0.6) is 0 Å². The van der Waals surface area contributed by atoms with Crippen LogP contribution in [0.25, 0.3) is 10.9 Å². The van der Waals surface area contributed by atoms with Gasteiger partial charge < -0.3 is 15.0 Å². The summed E-state index contributed by atoms with van der Waals surface area (Å²) in [5.41, 5.74) is 0.936. The van der Waals surface area contributed by atoms with Gasteiger partial charge in [-0.1, -0.05) is 25.1 Å². The van der Waals surface area contributed by atoms with Gasteiger partial charge in [0.25, 0.3) is 11.5 Å². The number of benzene rings is 1. The number of aliphatic carboxylic acids is 1. The first-order chi connectivity index (χ1) is 15.9. The highest BCUT2D eigenvalue weighted by molar-refractivity contribution is 5.97. The zero-order valence-corrected chi connectivity index (χ0v) is 19.4. The number of nitrogens with zero attached hydrogens (tertiary/aromatic N) is 2. The molecule has 2 bridgehead atoms. The van der Waals surface area contributed by atoms with Gasteiger partial charge >= 0.3 is 12.1 Å². The van der Waals surface area contributed by atoms with Crippen molar-refractivity contribution in [1.29, 1.82) is 0 Å². The number of hydrogen-bond donors (Lipinski definition) is 2. The Bertz CT molecular complexity index is 1100. The summed E-state index contributed by atoms with van der Waals surface area (Å²) in [5.74, 6) is -2.98. The van der Waals surface area contributed by atoms with Crippen LogP contribution in [0.15, 0.2) is 35.1 Å². The van der Waals surface area contributed by atoms with Crippen molar-refractivity contribution in [3.63, 3.8) is 0 Å². The minimum Gasteiger partial charge on any atom is -0.475 e. The largest absolute Gasteiger partial charge is 0.490 e. The maximum atomic E-state index is 13.0. The van der Waals surface area contributed by atoms with Crippen LogP contribution in [0.1, 0.15) is 62.9 Å². The van der Waals surface area contributed by atoms with E-state index < -0.39 is 12.1 Å². The van der Waals surface area contributed by atoms with Gasteiger partial charge in [-0.3, -0.25) is 14.5 Å². The van der Waals surface area contributed by atoms with Crippen LogP contribution >= 0.6 is 0 Å². The minimum absolute atomic E-state index is 0.00112. The summed E-state index contributed by atoms with van der Waals surface area (Å²) in [4.78, 5) is 37.5. The molecule has 2 aliphatic heterocycles. The number of amides is 1. The molecule has 1 aromatic carbocycles. The van der Waals surface area contributed by atoms with E-state index in [1.54, 1.807) is 10.6 Å². The second-order valence-corrected chi connectivity index (χ2v) is 9.05. The molecule has 4 rings (SSSR count). The van der Waals surface area contributed by atoms with Crippen LogP contribution in [-0.4, -0.2) is 57.3 Å². The smallest absolute Gasteiger partial charge is 0.475 e. The van der Waals surface area contributed by atoms with Crippen LogP contribution in [0, 0.1) is 0 Å². The van der Waals surface area contributed by atoms with Crippen LogP contribution in [0.3, 0.4) is 0 Å². The standard InChI is InChI=1S/C22H29N3O2.C2HF3O2/c1-4-24-17-9-10-18(24)13-16(12-17)23-21(26)19-11-15-7-5-6-8-20(15)25(14(2)3)22(19)27;3-2(4,5)1(6)7/h5-8,11,14,16-18H,4,9-10,12-13H2,1-3H3,(H,23,26);(H,6,7)/t16?,17-,18+;. The van der Waals surface area contributed by atoms with Crippen molar-refractivity contribution in [2.75, 3.05) is 6.54 Å². The molecule has 2 N–H and O–H groups in total. The highest BCUT2D eigenvalue weighted by atomic mass is 19.4. The molecule has 10 heteroatoms. The molecule has 7 nitrogen and oxygen atoms in total. The molecule has 2 saturated heterocycles. The molecular formula is C24H30F3N3O4. The Balaban J connectivity index is 0.000000406. The number of pyridine rings is 1. The highest BCUT2D eigenvalue weighted by Gasteiger charge is 2.40. The van der Waals surface area contributed by atoms with E-state index in [4.69, 9.17) is 9.90 Å². The third kappa shape index (κ3) is 5.43. The molecule has 34 heavy (non-hydrogen) atoms. The number of alkyl halides is 3. The van der Waals surface area contributed by atoms with Crippen molar-refractivity contribution < 1.29 is 27.9 Å². The van der Waals surface area contributed by atoms with E-state index in [2.05, 4.69) is 17.1 Å². The summed E-state index contributed by atoms with van der Waals surface area (Å²) in [6, 6.07) is 10.8. The number of aromatic nitrogens is 1. The molecule has 0 aliphatic carbocycles. The molecule has 1 amide bonds. The number of rotatable bonds is 4. The maximum absolute atomic E-state index is 13.0. The van der Waals surface area contributed by atoms with Gasteiger partial charge in [-0.2, -0.15) is 13.2 Å². The molecule has 2 fully saturated rings. The second-order valence-electron chi connectivity index (χ2n) is 9.05. The van der Waals surface area contributed by atoms with E-state index in [0.717, 1.165) is 30.3 Å². The number of carboxylic acid groups (broad SMARTS) is 1. The lowest BCUT2D eigenvalue weighted by atomic mass is 9.97. The van der Waals surface area contributed by atoms with Crippen molar-refractivity contribution in [1.82, 2.24) is 14.8 Å². The van der Waals surface area contributed by atoms with Gasteiger partial charge in [0, 0.05) is 24.2 Å². The lowest BCUT2D eigenvalue weighted by Crippen LogP contribution is -2.50. The first kappa shape index (κ1) is 25.7. The first-order valence-corrected chi connectivity index (χ1v) is 11.4. The van der Waals surface area contributed by atoms with Crippen LogP contribution in [0.2, 0.25) is 0 Å². The SMILES string of the molecule is CCN1[C@@H]2CC[C@H]1CC(NC(=O)c1cc3ccccc3n(C(C)C)c1=O)C2.O=C(O)C(F)(F)F. The fourth-order valence-electron chi connectivity index (χ4n) is 5.13. The van der Waals surface area contributed by atoms with Crippen molar-refractivity contribution in [3.05, 3.63) is 46.2 Å². The Morgan fingerprint density at radius 3 is 2.21 bits per heavy atom. The highest BCUT2D eigenvalue weighted by Crippen LogP contribution is 2.35. The molecule has 2 aromatic rings. The van der Waals surface area contributed by atoms with Crippen molar-refractivity contribution in [2.45, 2.75) is 76.8 Å². The average molecular weight is 482 g/mol. The molecular weight excluding hydrogens is 451 g/mol. The third-order valence-corrected chi connectivity index (χ3v) is 6.53. The Morgan fingerprint density at radius 1 is 1.15 bits per heavy atom. The van der Waals surface area contributed by atoms with Gasteiger partial charge in [-0.05, 0) is 63.6 Å². The van der Waals surface area contributed by atoms with Crippen LogP contribution in [0.4, 0.5) is 13.2 Å². The predicted molar refractivity (Wildman–Crippen MR) is 122 cm³/mol. The third-order valence-electron chi connectivity index (χ3n) is 6.53. The summed E-state index contributed by atoms with van der Waals surface area (Å²) < 4.78 is 33.5. The number of carbonyl (C=O) groups excluding carboxylic acids is 1. The molecule has 0 saturated carbocycles. The molecule has 1 unspecified atom stereocenters. The van der Waals surface area contributed by atoms with Gasteiger partial charge in [0.2, 0.25) is 0 Å². The lowest BCUT2D eigenvalue weighted by molar-refractivity contribution is -0.192. The minimum atomic E-state index is -5.08. The van der Waals surface area contributed by atoms with E-state index in [1.807, 2.05) is 38.1 Å². The number of carboxylic acids is 1. The van der Waals surface area contributed by atoms with Gasteiger partial charge in [0.05, 0.1) is 5.52 Å². The topological polar surface area (TPSA) is 91.6 Å². The molecule has 186 valence electrons. The fourth-order valence-corrected chi connectivity index (χ4v) is 5.13. The first-order valence-electron chi connectivity index (χ1n) is 11.4. The molecule has 0 radical (unpaired) electrons. The number of hydrogen-bond acceptors (Lipinski definition) is 4. The zero-order valence-electron chi connectivity index (χ0n) is 19.4. The summed E-state index contributed by atoms with van der Waals surface area (Å²) in [7, 11) is 0. The van der Waals surface area contributed by atoms with Crippen molar-refractivity contribution >= 4 is 22.8 Å². The van der Waals surface area contributed by atoms with Crippen LogP contribution in [-0.2, 0) is 4.79 Å². The second kappa shape index (κ2) is 10.2. The number of carbonyl (C=O) groups is 2. The van der Waals surface area contributed by atoms with Gasteiger partial charge in [0.1, 0.15) is 5.56 Å². The molecule has 0 spiro atoms. The van der Waals surface area contributed by atoms with E-state index in [0.29, 0.717) is 12.1 Å². The van der Waals surface area contributed by atoms with E-state index in [9.17, 15) is 22.8 Å². The fraction of sp³-hybridized carbons (Fsp3) is 0.542. The number of para-hydroxylation sites is 1. The number of halogens is 3.